The average Bonchev–Trinajstić information content (AvgIpc) is 3.56. The van der Waals surface area contributed by atoms with Gasteiger partial charge in [0.2, 0.25) is 5.91 Å². The van der Waals surface area contributed by atoms with Gasteiger partial charge in [0.25, 0.3) is 10.1 Å². The molecule has 6 aromatic rings. The zero-order chi connectivity index (χ0) is 41.6. The lowest BCUT2D eigenvalue weighted by Crippen LogP contribution is -2.09. The summed E-state index contributed by atoms with van der Waals surface area (Å²) >= 11 is 19.3. The monoisotopic (exact) mass is 868 g/mol. The molecule has 0 saturated carbocycles. The molecule has 6 rings (SSSR count). The quantitative estimate of drug-likeness (QED) is 0.0678. The van der Waals surface area contributed by atoms with E-state index in [9.17, 15) is 28.3 Å². The number of anilines is 5. The minimum absolute atomic E-state index is 0.00934. The van der Waals surface area contributed by atoms with Gasteiger partial charge in [0.15, 0.2) is 16.6 Å². The number of azo groups is 2. The molecule has 14 nitrogen and oxygen atoms in total. The molecule has 290 valence electrons. The maximum atomic E-state index is 12.2. The second-order valence-electron chi connectivity index (χ2n) is 12.1. The number of aromatic nitrogens is 1. The Morgan fingerprint density at radius 3 is 2.09 bits per heavy atom. The minimum Gasteiger partial charge on any atom is -0.339 e. The van der Waals surface area contributed by atoms with Crippen LogP contribution >= 0.6 is 46.1 Å². The van der Waals surface area contributed by atoms with Crippen LogP contribution in [0.5, 0.6) is 0 Å². The van der Waals surface area contributed by atoms with Gasteiger partial charge in [0.1, 0.15) is 33.3 Å². The molecule has 4 N–H and O–H groups in total. The molecule has 2 aromatic heterocycles. The third-order valence-electron chi connectivity index (χ3n) is 8.17. The van der Waals surface area contributed by atoms with Gasteiger partial charge in [-0.05, 0) is 91.3 Å². The summed E-state index contributed by atoms with van der Waals surface area (Å²) in [6, 6.07) is 28.5. The normalized spacial score (nSPS) is 11.4. The number of carbonyl (C=O) groups is 1. The smallest absolute Gasteiger partial charge is 0.296 e. The Balaban J connectivity index is 1.50. The first kappa shape index (κ1) is 41.4. The van der Waals surface area contributed by atoms with E-state index < -0.39 is 15.0 Å². The summed E-state index contributed by atoms with van der Waals surface area (Å²) in [6.45, 7) is 3.35. The van der Waals surface area contributed by atoms with Crippen LogP contribution in [-0.4, -0.2) is 23.9 Å². The number of nitriles is 2. The molecule has 0 aliphatic heterocycles. The van der Waals surface area contributed by atoms with Crippen LogP contribution < -0.4 is 16.0 Å². The first-order valence-electron chi connectivity index (χ1n) is 16.9. The number of pyridine rings is 1. The predicted octanol–water partition coefficient (Wildman–Crippen LogP) is 12.7. The van der Waals surface area contributed by atoms with Gasteiger partial charge in [-0.1, -0.05) is 65.2 Å². The summed E-state index contributed by atoms with van der Waals surface area (Å²) in [6.07, 6.45) is 0.265. The Hall–Kier alpha value is -6.24. The van der Waals surface area contributed by atoms with Crippen LogP contribution in [0.4, 0.5) is 50.1 Å². The SMILES string of the molecule is CCC(=O)Nc1cccc(-c2c(N=Nc3ccc(Cl)cc3)sc(N=Nc3c(Nc4ccc(Cl)cc4)nc(Nc4ccc(Cl)c(S(=O)(=O)O)c4)c(C#N)c3C)c2C#N)c1. The summed E-state index contributed by atoms with van der Waals surface area (Å²) in [5.74, 6) is -0.0671. The van der Waals surface area contributed by atoms with Crippen LogP contribution in [-0.2, 0) is 14.9 Å². The van der Waals surface area contributed by atoms with E-state index >= 15 is 0 Å². The molecule has 4 aromatic carbocycles. The molecule has 0 unspecified atom stereocenters. The summed E-state index contributed by atoms with van der Waals surface area (Å²) in [7, 11) is -4.68. The highest BCUT2D eigenvalue weighted by atomic mass is 35.5. The van der Waals surface area contributed by atoms with Crippen LogP contribution in [0.15, 0.2) is 116 Å². The van der Waals surface area contributed by atoms with Gasteiger partial charge in [-0.15, -0.1) is 20.5 Å². The molecule has 0 aliphatic rings. The number of carbonyl (C=O) groups excluding carboxylic acids is 1. The van der Waals surface area contributed by atoms with E-state index in [4.69, 9.17) is 34.8 Å². The van der Waals surface area contributed by atoms with Gasteiger partial charge in [-0.3, -0.25) is 9.35 Å². The van der Waals surface area contributed by atoms with Crippen molar-refractivity contribution in [2.75, 3.05) is 16.0 Å². The summed E-state index contributed by atoms with van der Waals surface area (Å²) in [5.41, 5.74) is 3.22. The van der Waals surface area contributed by atoms with E-state index in [0.29, 0.717) is 48.8 Å². The van der Waals surface area contributed by atoms with Crippen LogP contribution in [0.2, 0.25) is 15.1 Å². The molecule has 0 atom stereocenters. The Kier molecular flexibility index (Phi) is 12.8. The molecule has 0 saturated heterocycles. The largest absolute Gasteiger partial charge is 0.339 e. The molecule has 0 radical (unpaired) electrons. The fraction of sp³-hybridized carbons (Fsp3) is 0.0769. The fourth-order valence-electron chi connectivity index (χ4n) is 5.34. The Morgan fingerprint density at radius 1 is 0.793 bits per heavy atom. The maximum absolute atomic E-state index is 12.2. The summed E-state index contributed by atoms with van der Waals surface area (Å²) in [4.78, 5) is 16.3. The molecule has 0 fully saturated rings. The van der Waals surface area contributed by atoms with Crippen LogP contribution in [0.3, 0.4) is 0 Å². The second kappa shape index (κ2) is 17.9. The third kappa shape index (κ3) is 9.64. The molecule has 19 heteroatoms. The van der Waals surface area contributed by atoms with Crippen LogP contribution in [0, 0.1) is 29.6 Å². The van der Waals surface area contributed by atoms with Gasteiger partial charge in [0, 0.05) is 44.7 Å². The number of nitrogens with one attached hydrogen (secondary N) is 3. The summed E-state index contributed by atoms with van der Waals surface area (Å²) in [5, 5.41) is 49.0. The standard InChI is InChI=1S/C39H27Cl3N10O4S2/c1-3-33(53)45-27-6-4-5-22(17-27)34-30(20-44)38(57-39(34)52-49-26-13-9-24(41)10-14-26)51-50-35-21(2)29(19-43)36(48-37(35)46-25-11-7-23(40)8-12-25)47-28-15-16-31(42)32(18-28)58(54,55)56/h4-18H,3H2,1-2H3,(H,45,53)(H2,46,47,48)(H,54,55,56). The maximum Gasteiger partial charge on any atom is 0.296 e. The van der Waals surface area contributed by atoms with E-state index in [2.05, 4.69) is 53.5 Å². The highest BCUT2D eigenvalue weighted by Crippen LogP contribution is 2.49. The minimum atomic E-state index is -4.68. The van der Waals surface area contributed by atoms with Gasteiger partial charge >= 0.3 is 0 Å². The highest BCUT2D eigenvalue weighted by molar-refractivity contribution is 7.86. The number of amides is 1. The fourth-order valence-corrected chi connectivity index (χ4v) is 7.52. The molecule has 1 amide bonds. The Labute approximate surface area is 351 Å². The average molecular weight is 870 g/mol. The Bertz CT molecular complexity index is 2820. The van der Waals surface area contributed by atoms with Crippen molar-refractivity contribution < 1.29 is 17.8 Å². The van der Waals surface area contributed by atoms with Crippen molar-refractivity contribution in [2.45, 2.75) is 25.2 Å². The molecule has 0 bridgehead atoms. The van der Waals surface area contributed by atoms with Crippen LogP contribution in [0.25, 0.3) is 11.1 Å². The molecule has 0 aliphatic carbocycles. The van der Waals surface area contributed by atoms with E-state index in [1.54, 1.807) is 86.6 Å². The molecular formula is C39H27Cl3N10O4S2. The second-order valence-corrected chi connectivity index (χ2v) is 15.7. The zero-order valence-electron chi connectivity index (χ0n) is 30.1. The molecule has 58 heavy (non-hydrogen) atoms. The van der Waals surface area contributed by atoms with E-state index in [-0.39, 0.29) is 56.5 Å². The first-order valence-corrected chi connectivity index (χ1v) is 20.2. The predicted molar refractivity (Wildman–Crippen MR) is 226 cm³/mol. The number of hydrogen-bond acceptors (Lipinski definition) is 13. The third-order valence-corrected chi connectivity index (χ3v) is 11.0. The lowest BCUT2D eigenvalue weighted by molar-refractivity contribution is -0.115. The molecule has 0 spiro atoms. The van der Waals surface area contributed by atoms with Crippen molar-refractivity contribution in [1.82, 2.24) is 4.98 Å². The first-order chi connectivity index (χ1) is 27.8. The van der Waals surface area contributed by atoms with Crippen LogP contribution in [0.1, 0.15) is 30.0 Å². The van der Waals surface area contributed by atoms with E-state index in [1.807, 2.05) is 0 Å². The number of benzene rings is 4. The van der Waals surface area contributed by atoms with Crippen molar-refractivity contribution in [3.05, 3.63) is 123 Å². The topological polar surface area (TPSA) is 217 Å². The molecule has 2 heterocycles. The van der Waals surface area contributed by atoms with Crippen molar-refractivity contribution in [3.8, 4) is 23.3 Å². The van der Waals surface area contributed by atoms with Gasteiger partial charge in [-0.2, -0.15) is 18.9 Å². The summed E-state index contributed by atoms with van der Waals surface area (Å²) < 4.78 is 33.6. The lowest BCUT2D eigenvalue weighted by Gasteiger charge is -2.16. The van der Waals surface area contributed by atoms with E-state index in [0.717, 1.165) is 17.4 Å². The van der Waals surface area contributed by atoms with Gasteiger partial charge in [0.05, 0.1) is 16.3 Å². The molecular weight excluding hydrogens is 843 g/mol. The Morgan fingerprint density at radius 2 is 1.43 bits per heavy atom. The van der Waals surface area contributed by atoms with E-state index in [1.165, 1.54) is 12.1 Å². The van der Waals surface area contributed by atoms with Gasteiger partial charge < -0.3 is 16.0 Å². The number of thiophene rings is 1. The number of halogens is 3. The van der Waals surface area contributed by atoms with Gasteiger partial charge in [-0.25, -0.2) is 4.98 Å². The van der Waals surface area contributed by atoms with Crippen molar-refractivity contribution >= 4 is 112 Å². The number of rotatable bonds is 12. The van der Waals surface area contributed by atoms with Crippen molar-refractivity contribution in [2.24, 2.45) is 20.5 Å². The lowest BCUT2D eigenvalue weighted by atomic mass is 10.0. The highest BCUT2D eigenvalue weighted by Gasteiger charge is 2.23. The number of hydrogen-bond donors (Lipinski definition) is 4. The van der Waals surface area contributed by atoms with Crippen molar-refractivity contribution in [1.29, 1.82) is 10.5 Å². The zero-order valence-corrected chi connectivity index (χ0v) is 34.0. The van der Waals surface area contributed by atoms with Crippen molar-refractivity contribution in [3.63, 3.8) is 0 Å². The number of nitrogens with zero attached hydrogens (tertiary/aromatic N) is 7.